The summed E-state index contributed by atoms with van der Waals surface area (Å²) in [5, 5.41) is 0. The Balaban J connectivity index is 0.000000484. The van der Waals surface area contributed by atoms with Crippen molar-refractivity contribution in [3.8, 4) is 17.7 Å². The average Bonchev–Trinajstić information content (AvgIpc) is 3.56. The van der Waals surface area contributed by atoms with Crippen molar-refractivity contribution in [1.29, 1.82) is 0 Å². The number of ether oxygens (including phenoxy) is 1. The van der Waals surface area contributed by atoms with Gasteiger partial charge in [0.1, 0.15) is 5.69 Å². The summed E-state index contributed by atoms with van der Waals surface area (Å²) >= 11 is 0. The zero-order chi connectivity index (χ0) is 23.0. The summed E-state index contributed by atoms with van der Waals surface area (Å²) in [6, 6.07) is 0. The summed E-state index contributed by atoms with van der Waals surface area (Å²) < 4.78 is 39.9. The molecule has 5 nitrogen and oxygen atoms in total. The fourth-order valence-corrected chi connectivity index (χ4v) is 1.59. The van der Waals surface area contributed by atoms with Crippen molar-refractivity contribution >= 4 is 0 Å². The van der Waals surface area contributed by atoms with Gasteiger partial charge < -0.3 is 4.74 Å². The second-order valence-corrected chi connectivity index (χ2v) is 5.80. The Bertz CT molecular complexity index is 747. The highest BCUT2D eigenvalue weighted by atomic mass is 19.4. The molecule has 0 aliphatic heterocycles. The van der Waals surface area contributed by atoms with Crippen LogP contribution in [0.5, 0.6) is 5.88 Å². The third-order valence-corrected chi connectivity index (χ3v) is 3.16. The molecule has 1 saturated carbocycles. The highest BCUT2D eigenvalue weighted by molar-refractivity contribution is 5.27. The van der Waals surface area contributed by atoms with Crippen LogP contribution in [0.4, 0.5) is 13.2 Å². The fourth-order valence-electron chi connectivity index (χ4n) is 1.59. The minimum absolute atomic E-state index is 0.111. The van der Waals surface area contributed by atoms with Crippen LogP contribution in [0.25, 0.3) is 0 Å². The Morgan fingerprint density at radius 2 is 1.47 bits per heavy atom. The predicted molar refractivity (Wildman–Crippen MR) is 112 cm³/mol. The van der Waals surface area contributed by atoms with E-state index >= 15 is 0 Å². The fraction of sp³-hybridized carbons (Fsp3) is 0.545. The monoisotopic (exact) mass is 424 g/mol. The lowest BCUT2D eigenvalue weighted by molar-refractivity contribution is -0.139. The summed E-state index contributed by atoms with van der Waals surface area (Å²) in [7, 11) is 0. The maximum absolute atomic E-state index is 11.7. The molecule has 0 N–H and O–H groups in total. The van der Waals surface area contributed by atoms with Gasteiger partial charge in [0.2, 0.25) is 5.88 Å². The van der Waals surface area contributed by atoms with E-state index < -0.39 is 19.2 Å². The Morgan fingerprint density at radius 1 is 0.900 bits per heavy atom. The minimum Gasteiger partial charge on any atom is -0.476 e. The third-order valence-electron chi connectivity index (χ3n) is 3.16. The van der Waals surface area contributed by atoms with Crippen molar-refractivity contribution in [3.63, 3.8) is 0 Å². The molecule has 2 aromatic heterocycles. The van der Waals surface area contributed by atoms with Crippen molar-refractivity contribution in [3.05, 3.63) is 41.9 Å². The Morgan fingerprint density at radius 3 is 1.90 bits per heavy atom. The molecule has 0 unspecified atom stereocenters. The van der Waals surface area contributed by atoms with Crippen molar-refractivity contribution in [2.45, 2.75) is 67.0 Å². The Labute approximate surface area is 177 Å². The molecular formula is C22H31F3N4O. The second-order valence-electron chi connectivity index (χ2n) is 5.80. The van der Waals surface area contributed by atoms with Crippen molar-refractivity contribution in [2.24, 2.45) is 5.92 Å². The molecule has 8 heteroatoms. The lowest BCUT2D eigenvalue weighted by Crippen LogP contribution is -2.13. The first-order valence-corrected chi connectivity index (χ1v) is 10.1. The van der Waals surface area contributed by atoms with E-state index in [-0.39, 0.29) is 5.88 Å². The van der Waals surface area contributed by atoms with E-state index in [1.807, 2.05) is 34.6 Å². The van der Waals surface area contributed by atoms with Crippen LogP contribution in [0.15, 0.2) is 24.8 Å². The zero-order valence-electron chi connectivity index (χ0n) is 18.5. The minimum atomic E-state index is -4.20. The van der Waals surface area contributed by atoms with E-state index in [0.717, 1.165) is 11.4 Å². The van der Waals surface area contributed by atoms with Crippen LogP contribution in [0.3, 0.4) is 0 Å². The lowest BCUT2D eigenvalue weighted by Gasteiger charge is -2.07. The molecule has 0 spiro atoms. The normalized spacial score (nSPS) is 11.8. The number of nitrogens with zero attached hydrogens (tertiary/aromatic N) is 4. The number of hydrogen-bond acceptors (Lipinski definition) is 5. The molecule has 0 radical (unpaired) electrons. The molecule has 0 amide bonds. The van der Waals surface area contributed by atoms with Crippen LogP contribution in [0.1, 0.15) is 64.0 Å². The van der Waals surface area contributed by atoms with Crippen molar-refractivity contribution < 1.29 is 17.9 Å². The molecular weight excluding hydrogens is 393 g/mol. The van der Waals surface area contributed by atoms with Gasteiger partial charge in [-0.3, -0.25) is 9.97 Å². The second kappa shape index (κ2) is 15.2. The first-order chi connectivity index (χ1) is 14.3. The predicted octanol–water partition coefficient (Wildman–Crippen LogP) is 5.72. The standard InChI is InChI=1S/C10H10N2.C8H9F3N2O.2C2H6/c1-8-6-12-10(7-11-8)5-4-9-2-3-9;1-6-4-13-7(5-12-6)14-3-2-8(9,10)11;2*1-2/h6-7,9H,2-3H2,1H3;4-5H,2-3H2,1H3;2*1-2H3. The molecule has 30 heavy (non-hydrogen) atoms. The molecule has 1 fully saturated rings. The van der Waals surface area contributed by atoms with Crippen molar-refractivity contribution in [1.82, 2.24) is 19.9 Å². The topological polar surface area (TPSA) is 60.8 Å². The van der Waals surface area contributed by atoms with Gasteiger partial charge in [-0.2, -0.15) is 13.2 Å². The molecule has 0 aromatic carbocycles. The highest BCUT2D eigenvalue weighted by Crippen LogP contribution is 2.27. The van der Waals surface area contributed by atoms with Crippen LogP contribution in [0.2, 0.25) is 0 Å². The number of rotatable bonds is 3. The summed E-state index contributed by atoms with van der Waals surface area (Å²) in [4.78, 5) is 15.8. The zero-order valence-corrected chi connectivity index (χ0v) is 18.5. The number of aryl methyl sites for hydroxylation is 2. The summed E-state index contributed by atoms with van der Waals surface area (Å²) in [6.45, 7) is 11.2. The van der Waals surface area contributed by atoms with E-state index in [0.29, 0.717) is 11.6 Å². The maximum Gasteiger partial charge on any atom is 0.392 e. The SMILES string of the molecule is CC.CC.Cc1cnc(C#CC2CC2)cn1.Cc1cnc(OCCC(F)(F)F)cn1. The summed E-state index contributed by atoms with van der Waals surface area (Å²) in [5.74, 6) is 6.89. The van der Waals surface area contributed by atoms with Gasteiger partial charge in [-0.15, -0.1) is 0 Å². The molecule has 1 aliphatic carbocycles. The van der Waals surface area contributed by atoms with Gasteiger partial charge in [0.25, 0.3) is 0 Å². The van der Waals surface area contributed by atoms with Gasteiger partial charge in [-0.05, 0) is 32.6 Å². The van der Waals surface area contributed by atoms with Gasteiger partial charge in [-0.25, -0.2) is 9.97 Å². The largest absolute Gasteiger partial charge is 0.476 e. The molecule has 0 saturated heterocycles. The molecule has 1 aliphatic rings. The van der Waals surface area contributed by atoms with Gasteiger partial charge in [-0.1, -0.05) is 33.6 Å². The number of halogens is 3. The average molecular weight is 425 g/mol. The van der Waals surface area contributed by atoms with Crippen LogP contribution in [-0.4, -0.2) is 32.7 Å². The molecule has 0 bridgehead atoms. The van der Waals surface area contributed by atoms with Crippen LogP contribution >= 0.6 is 0 Å². The van der Waals surface area contributed by atoms with Crippen LogP contribution in [-0.2, 0) is 0 Å². The molecule has 2 heterocycles. The van der Waals surface area contributed by atoms with Crippen molar-refractivity contribution in [2.75, 3.05) is 6.61 Å². The van der Waals surface area contributed by atoms with E-state index in [9.17, 15) is 13.2 Å². The lowest BCUT2D eigenvalue weighted by atomic mass is 10.3. The third kappa shape index (κ3) is 14.3. The first kappa shape index (κ1) is 27.3. The molecule has 2 aromatic rings. The van der Waals surface area contributed by atoms with Crippen LogP contribution < -0.4 is 4.74 Å². The quantitative estimate of drug-likeness (QED) is 0.590. The number of alkyl halides is 3. The van der Waals surface area contributed by atoms with E-state index in [2.05, 4.69) is 31.8 Å². The van der Waals surface area contributed by atoms with Gasteiger partial charge in [0, 0.05) is 12.1 Å². The first-order valence-electron chi connectivity index (χ1n) is 10.1. The highest BCUT2D eigenvalue weighted by Gasteiger charge is 2.26. The summed E-state index contributed by atoms with van der Waals surface area (Å²) in [6.07, 6.45) is 3.54. The van der Waals surface area contributed by atoms with E-state index in [1.165, 1.54) is 25.2 Å². The van der Waals surface area contributed by atoms with Gasteiger partial charge in [0.15, 0.2) is 0 Å². The Hall–Kier alpha value is -2.69. The number of aromatic nitrogens is 4. The molecule has 166 valence electrons. The molecule has 3 rings (SSSR count). The number of hydrogen-bond donors (Lipinski definition) is 0. The van der Waals surface area contributed by atoms with Gasteiger partial charge in [0.05, 0.1) is 43.0 Å². The van der Waals surface area contributed by atoms with Crippen LogP contribution in [0, 0.1) is 31.6 Å². The van der Waals surface area contributed by atoms with Gasteiger partial charge >= 0.3 is 6.18 Å². The van der Waals surface area contributed by atoms with E-state index in [1.54, 1.807) is 19.3 Å². The van der Waals surface area contributed by atoms with E-state index in [4.69, 9.17) is 4.74 Å². The Kier molecular flexibility index (Phi) is 13.8. The molecule has 0 atom stereocenters. The maximum atomic E-state index is 11.7. The smallest absolute Gasteiger partial charge is 0.392 e. The summed E-state index contributed by atoms with van der Waals surface area (Å²) in [5.41, 5.74) is 2.41.